The van der Waals surface area contributed by atoms with Gasteiger partial charge in [-0.15, -0.1) is 0 Å². The quantitative estimate of drug-likeness (QED) is 0.503. The topological polar surface area (TPSA) is 89.9 Å². The summed E-state index contributed by atoms with van der Waals surface area (Å²) in [6.45, 7) is 8.41. The second kappa shape index (κ2) is 8.12. The van der Waals surface area contributed by atoms with Gasteiger partial charge in [0.05, 0.1) is 11.8 Å². The third-order valence-electron chi connectivity index (χ3n) is 8.86. The average molecular weight is 445 g/mol. The monoisotopic (exact) mass is 444 g/mol. The van der Waals surface area contributed by atoms with Crippen LogP contribution in [0.5, 0.6) is 0 Å². The molecule has 1 N–H and O–H groups in total. The van der Waals surface area contributed by atoms with E-state index in [9.17, 15) is 19.5 Å². The molecule has 5 atom stereocenters. The molecule has 6 heteroatoms. The second-order valence-corrected chi connectivity index (χ2v) is 11.0. The molecule has 1 saturated carbocycles. The van der Waals surface area contributed by atoms with E-state index in [0.717, 1.165) is 32.1 Å². The molecule has 0 aromatic heterocycles. The van der Waals surface area contributed by atoms with Crippen LogP contribution < -0.4 is 0 Å². The summed E-state index contributed by atoms with van der Waals surface area (Å²) in [5.41, 5.74) is 0.437. The first-order valence-electron chi connectivity index (χ1n) is 12.1. The lowest BCUT2D eigenvalue weighted by atomic mass is 9.47. The summed E-state index contributed by atoms with van der Waals surface area (Å²) in [6.07, 6.45) is 9.91. The molecule has 0 amide bonds. The van der Waals surface area contributed by atoms with Gasteiger partial charge in [-0.1, -0.05) is 44.9 Å². The van der Waals surface area contributed by atoms with Crippen molar-refractivity contribution in [2.75, 3.05) is 6.61 Å². The second-order valence-electron chi connectivity index (χ2n) is 11.0. The summed E-state index contributed by atoms with van der Waals surface area (Å²) in [6, 6.07) is 0. The maximum atomic E-state index is 13.7. The van der Waals surface area contributed by atoms with Gasteiger partial charge in [-0.3, -0.25) is 9.59 Å². The van der Waals surface area contributed by atoms with Gasteiger partial charge in [-0.25, -0.2) is 4.79 Å². The predicted molar refractivity (Wildman–Crippen MR) is 118 cm³/mol. The molecule has 5 unspecified atom stereocenters. The number of rotatable bonds is 5. The highest BCUT2D eigenvalue weighted by atomic mass is 16.6. The Kier molecular flexibility index (Phi) is 5.89. The van der Waals surface area contributed by atoms with Crippen LogP contribution in [-0.4, -0.2) is 35.2 Å². The van der Waals surface area contributed by atoms with Gasteiger partial charge < -0.3 is 14.6 Å². The van der Waals surface area contributed by atoms with Crippen molar-refractivity contribution in [1.29, 1.82) is 0 Å². The first-order valence-corrected chi connectivity index (χ1v) is 12.1. The van der Waals surface area contributed by atoms with Crippen molar-refractivity contribution in [2.45, 2.75) is 84.7 Å². The molecule has 1 saturated heterocycles. The Labute approximate surface area is 190 Å². The van der Waals surface area contributed by atoms with Gasteiger partial charge in [-0.2, -0.15) is 0 Å². The van der Waals surface area contributed by atoms with E-state index in [1.807, 2.05) is 6.92 Å². The lowest BCUT2D eigenvalue weighted by Crippen LogP contribution is -2.55. The van der Waals surface area contributed by atoms with Gasteiger partial charge in [0, 0.05) is 13.0 Å². The number of hydrogen-bond acceptors (Lipinski definition) is 6. The molecule has 1 aliphatic heterocycles. The molecule has 176 valence electrons. The van der Waals surface area contributed by atoms with Crippen molar-refractivity contribution in [2.24, 2.45) is 28.6 Å². The molecule has 3 aliphatic carbocycles. The number of carbonyl (C=O) groups excluding carboxylic acids is 3. The van der Waals surface area contributed by atoms with Gasteiger partial charge in [-0.05, 0) is 67.8 Å². The molecule has 0 aromatic carbocycles. The lowest BCUT2D eigenvalue weighted by Gasteiger charge is -2.57. The Bertz CT molecular complexity index is 885. The Hall–Kier alpha value is -1.95. The average Bonchev–Trinajstić information content (AvgIpc) is 3.00. The van der Waals surface area contributed by atoms with Crippen LogP contribution in [0, 0.1) is 28.6 Å². The Balaban J connectivity index is 1.64. The SMILES string of the molecule is CC(C)C1=CC2=CCC3C(C)(C(=O)OC4(CCO)CC(=O)OC4=O)CCCC3(C)C2CC1. The van der Waals surface area contributed by atoms with E-state index in [2.05, 4.69) is 32.9 Å². The minimum absolute atomic E-state index is 0.0226. The fraction of sp³-hybridized carbons (Fsp3) is 0.731. The van der Waals surface area contributed by atoms with Crippen molar-refractivity contribution >= 4 is 17.9 Å². The smallest absolute Gasteiger partial charge is 0.358 e. The summed E-state index contributed by atoms with van der Waals surface area (Å²) in [7, 11) is 0. The summed E-state index contributed by atoms with van der Waals surface area (Å²) >= 11 is 0. The molecule has 4 aliphatic rings. The van der Waals surface area contributed by atoms with E-state index in [1.54, 1.807) is 0 Å². The van der Waals surface area contributed by atoms with Gasteiger partial charge in [0.15, 0.2) is 0 Å². The third kappa shape index (κ3) is 3.55. The Morgan fingerprint density at radius 1 is 1.28 bits per heavy atom. The molecule has 1 heterocycles. The summed E-state index contributed by atoms with van der Waals surface area (Å²) in [4.78, 5) is 37.8. The number of ether oxygens (including phenoxy) is 2. The zero-order valence-corrected chi connectivity index (χ0v) is 19.7. The highest BCUT2D eigenvalue weighted by Crippen LogP contribution is 2.62. The fourth-order valence-electron chi connectivity index (χ4n) is 6.92. The summed E-state index contributed by atoms with van der Waals surface area (Å²) < 4.78 is 10.5. The number of esters is 3. The van der Waals surface area contributed by atoms with Crippen molar-refractivity contribution < 1.29 is 29.0 Å². The minimum Gasteiger partial charge on any atom is -0.446 e. The highest BCUT2D eigenvalue weighted by molar-refractivity contribution is 6.00. The summed E-state index contributed by atoms with van der Waals surface area (Å²) in [5, 5.41) is 9.48. The zero-order valence-electron chi connectivity index (χ0n) is 19.7. The van der Waals surface area contributed by atoms with Crippen LogP contribution in [0.15, 0.2) is 23.3 Å². The van der Waals surface area contributed by atoms with Gasteiger partial charge in [0.25, 0.3) is 0 Å². The predicted octanol–water partition coefficient (Wildman–Crippen LogP) is 4.26. The van der Waals surface area contributed by atoms with Crippen molar-refractivity contribution in [3.05, 3.63) is 23.3 Å². The molecule has 0 aromatic rings. The van der Waals surface area contributed by atoms with Gasteiger partial charge >= 0.3 is 17.9 Å². The third-order valence-corrected chi connectivity index (χ3v) is 8.86. The normalized spacial score (nSPS) is 39.1. The molecular formula is C26H36O6. The molecule has 0 radical (unpaired) electrons. The van der Waals surface area contributed by atoms with E-state index in [0.29, 0.717) is 18.3 Å². The van der Waals surface area contributed by atoms with E-state index >= 15 is 0 Å². The van der Waals surface area contributed by atoms with E-state index in [-0.39, 0.29) is 30.8 Å². The summed E-state index contributed by atoms with van der Waals surface area (Å²) in [5.74, 6) is -0.962. The van der Waals surface area contributed by atoms with Crippen LogP contribution >= 0.6 is 0 Å². The van der Waals surface area contributed by atoms with Crippen LogP contribution in [-0.2, 0) is 23.9 Å². The fourth-order valence-corrected chi connectivity index (χ4v) is 6.92. The lowest BCUT2D eigenvalue weighted by molar-refractivity contribution is -0.191. The van der Waals surface area contributed by atoms with Crippen molar-refractivity contribution in [3.63, 3.8) is 0 Å². The van der Waals surface area contributed by atoms with Gasteiger partial charge in [0.2, 0.25) is 5.60 Å². The molecule has 0 spiro atoms. The van der Waals surface area contributed by atoms with Crippen molar-refractivity contribution in [1.82, 2.24) is 0 Å². The maximum absolute atomic E-state index is 13.7. The molecule has 0 bridgehead atoms. The van der Waals surface area contributed by atoms with E-state index < -0.39 is 28.9 Å². The first kappa shape index (κ1) is 23.2. The zero-order chi connectivity index (χ0) is 23.3. The Morgan fingerprint density at radius 3 is 2.66 bits per heavy atom. The van der Waals surface area contributed by atoms with Crippen LogP contribution in [0.4, 0.5) is 0 Å². The van der Waals surface area contributed by atoms with Crippen LogP contribution in [0.3, 0.4) is 0 Å². The largest absolute Gasteiger partial charge is 0.446 e. The number of aliphatic hydroxyl groups is 1. The number of allylic oxidation sites excluding steroid dienone is 4. The van der Waals surface area contributed by atoms with E-state index in [1.165, 1.54) is 11.1 Å². The number of cyclic esters (lactones) is 2. The van der Waals surface area contributed by atoms with Crippen LogP contribution in [0.25, 0.3) is 0 Å². The minimum atomic E-state index is -1.70. The highest BCUT2D eigenvalue weighted by Gasteiger charge is 2.60. The van der Waals surface area contributed by atoms with Gasteiger partial charge in [0.1, 0.15) is 0 Å². The standard InChI is InChI=1S/C26H36O6/c1-16(2)17-6-8-19-18(14-17)7-9-20-24(19,3)10-5-11-25(20,4)22(29)32-26(12-13-27)15-21(28)31-23(26)30/h7,14,16,19-20,27H,5-6,8-13,15H2,1-4H3. The molecule has 4 rings (SSSR count). The molecule has 6 nitrogen and oxygen atoms in total. The maximum Gasteiger partial charge on any atom is 0.358 e. The number of hydrogen-bond donors (Lipinski definition) is 1. The molecule has 2 fully saturated rings. The number of aliphatic hydroxyl groups excluding tert-OH is 1. The first-order chi connectivity index (χ1) is 15.1. The Morgan fingerprint density at radius 2 is 2.03 bits per heavy atom. The number of carbonyl (C=O) groups is 3. The number of fused-ring (bicyclic) bond motifs is 3. The van der Waals surface area contributed by atoms with Crippen molar-refractivity contribution in [3.8, 4) is 0 Å². The van der Waals surface area contributed by atoms with Crippen LogP contribution in [0.2, 0.25) is 0 Å². The molecular weight excluding hydrogens is 408 g/mol. The van der Waals surface area contributed by atoms with Crippen LogP contribution in [0.1, 0.15) is 79.1 Å². The molecule has 32 heavy (non-hydrogen) atoms. The van der Waals surface area contributed by atoms with E-state index in [4.69, 9.17) is 9.47 Å².